The average Bonchev–Trinajstić information content (AvgIpc) is 2.26. The summed E-state index contributed by atoms with van der Waals surface area (Å²) in [5.41, 5.74) is -0.871. The van der Waals surface area contributed by atoms with Crippen LogP contribution in [0.25, 0.3) is 0 Å². The van der Waals surface area contributed by atoms with Crippen LogP contribution in [-0.4, -0.2) is 36.6 Å². The summed E-state index contributed by atoms with van der Waals surface area (Å²) in [4.78, 5) is 5.61. The van der Waals surface area contributed by atoms with Gasteiger partial charge in [-0.25, -0.2) is 4.98 Å². The SMILES string of the molecule is CC(C)C(CN(C)C)Nc1cccc(C(F)(F)F)n1. The molecule has 0 fully saturated rings. The Labute approximate surface area is 111 Å². The standard InChI is InChI=1S/C13H20F3N3/c1-9(2)10(8-19(3)4)17-12-7-5-6-11(18-12)13(14,15)16/h5-7,9-10H,8H2,1-4H3,(H,17,18). The Kier molecular flexibility index (Phi) is 5.17. The molecule has 0 aliphatic carbocycles. The molecule has 1 aromatic heterocycles. The summed E-state index contributed by atoms with van der Waals surface area (Å²) in [6.07, 6.45) is -4.41. The lowest BCUT2D eigenvalue weighted by Crippen LogP contribution is -2.36. The van der Waals surface area contributed by atoms with Crippen molar-refractivity contribution in [3.05, 3.63) is 23.9 Å². The smallest absolute Gasteiger partial charge is 0.366 e. The monoisotopic (exact) mass is 275 g/mol. The predicted molar refractivity (Wildman–Crippen MR) is 70.0 cm³/mol. The minimum absolute atomic E-state index is 0.0472. The first kappa shape index (κ1) is 15.8. The molecule has 0 amide bonds. The maximum atomic E-state index is 12.6. The number of pyridine rings is 1. The molecule has 108 valence electrons. The van der Waals surface area contributed by atoms with Crippen molar-refractivity contribution in [3.8, 4) is 0 Å². The Morgan fingerprint density at radius 3 is 2.37 bits per heavy atom. The molecule has 0 spiro atoms. The molecular formula is C13H20F3N3. The van der Waals surface area contributed by atoms with E-state index in [4.69, 9.17) is 0 Å². The maximum absolute atomic E-state index is 12.6. The van der Waals surface area contributed by atoms with Gasteiger partial charge >= 0.3 is 6.18 Å². The molecular weight excluding hydrogens is 255 g/mol. The number of nitrogens with one attached hydrogen (secondary N) is 1. The third kappa shape index (κ3) is 5.06. The molecule has 3 nitrogen and oxygen atoms in total. The van der Waals surface area contributed by atoms with Crippen LogP contribution in [0.2, 0.25) is 0 Å². The summed E-state index contributed by atoms with van der Waals surface area (Å²) in [7, 11) is 3.85. The van der Waals surface area contributed by atoms with E-state index in [0.717, 1.165) is 12.6 Å². The second-order valence-electron chi connectivity index (χ2n) is 5.16. The number of hydrogen-bond donors (Lipinski definition) is 1. The molecule has 0 saturated heterocycles. The van der Waals surface area contributed by atoms with Crippen LogP contribution < -0.4 is 5.32 Å². The first-order valence-corrected chi connectivity index (χ1v) is 6.15. The van der Waals surface area contributed by atoms with E-state index in [9.17, 15) is 13.2 Å². The van der Waals surface area contributed by atoms with E-state index in [-0.39, 0.29) is 11.9 Å². The molecule has 1 rings (SSSR count). The fourth-order valence-corrected chi connectivity index (χ4v) is 1.68. The normalized spacial score (nSPS) is 13.9. The third-order valence-electron chi connectivity index (χ3n) is 2.74. The average molecular weight is 275 g/mol. The Bertz CT molecular complexity index is 402. The van der Waals surface area contributed by atoms with Gasteiger partial charge in [-0.15, -0.1) is 0 Å². The lowest BCUT2D eigenvalue weighted by molar-refractivity contribution is -0.141. The summed E-state index contributed by atoms with van der Waals surface area (Å²) in [5.74, 6) is 0.550. The summed E-state index contributed by atoms with van der Waals surface area (Å²) < 4.78 is 37.7. The third-order valence-corrected chi connectivity index (χ3v) is 2.74. The fraction of sp³-hybridized carbons (Fsp3) is 0.615. The molecule has 1 heterocycles. The molecule has 0 bridgehead atoms. The molecule has 19 heavy (non-hydrogen) atoms. The summed E-state index contributed by atoms with van der Waals surface area (Å²) in [5, 5.41) is 3.07. The van der Waals surface area contributed by atoms with Crippen molar-refractivity contribution in [1.29, 1.82) is 0 Å². The van der Waals surface area contributed by atoms with Gasteiger partial charge in [0.15, 0.2) is 0 Å². The Balaban J connectivity index is 2.85. The highest BCUT2D eigenvalue weighted by Gasteiger charge is 2.32. The molecule has 0 aliphatic heterocycles. The first-order valence-electron chi connectivity index (χ1n) is 6.15. The van der Waals surface area contributed by atoms with Crippen molar-refractivity contribution >= 4 is 5.82 Å². The number of anilines is 1. The maximum Gasteiger partial charge on any atom is 0.433 e. The minimum Gasteiger partial charge on any atom is -0.366 e. The zero-order valence-electron chi connectivity index (χ0n) is 11.6. The lowest BCUT2D eigenvalue weighted by atomic mass is 10.0. The summed E-state index contributed by atoms with van der Waals surface area (Å²) in [6, 6.07) is 3.94. The summed E-state index contributed by atoms with van der Waals surface area (Å²) >= 11 is 0. The molecule has 0 saturated carbocycles. The van der Waals surface area contributed by atoms with Gasteiger partial charge in [-0.3, -0.25) is 0 Å². The fourth-order valence-electron chi connectivity index (χ4n) is 1.68. The van der Waals surface area contributed by atoms with Crippen molar-refractivity contribution < 1.29 is 13.2 Å². The molecule has 1 atom stereocenters. The predicted octanol–water partition coefficient (Wildman–Crippen LogP) is 3.10. The molecule has 1 N–H and O–H groups in total. The Hall–Kier alpha value is -1.30. The van der Waals surface area contributed by atoms with Gasteiger partial charge in [0, 0.05) is 12.6 Å². The van der Waals surface area contributed by atoms with E-state index in [1.54, 1.807) is 6.07 Å². The second kappa shape index (κ2) is 6.23. The van der Waals surface area contributed by atoms with Crippen molar-refractivity contribution in [2.24, 2.45) is 5.92 Å². The number of alkyl halides is 3. The lowest BCUT2D eigenvalue weighted by Gasteiger charge is -2.26. The van der Waals surface area contributed by atoms with E-state index >= 15 is 0 Å². The first-order chi connectivity index (χ1) is 8.70. The quantitative estimate of drug-likeness (QED) is 0.895. The van der Waals surface area contributed by atoms with Crippen LogP contribution in [0.3, 0.4) is 0 Å². The van der Waals surface area contributed by atoms with Crippen molar-refractivity contribution in [3.63, 3.8) is 0 Å². The van der Waals surface area contributed by atoms with Crippen molar-refractivity contribution in [2.45, 2.75) is 26.1 Å². The number of aromatic nitrogens is 1. The molecule has 0 aliphatic rings. The van der Waals surface area contributed by atoms with Gasteiger partial charge in [-0.1, -0.05) is 19.9 Å². The minimum atomic E-state index is -4.41. The van der Waals surface area contributed by atoms with E-state index in [2.05, 4.69) is 10.3 Å². The van der Waals surface area contributed by atoms with Crippen LogP contribution in [0.4, 0.5) is 19.0 Å². The Morgan fingerprint density at radius 1 is 1.26 bits per heavy atom. The van der Waals surface area contributed by atoms with Crippen LogP contribution in [0, 0.1) is 5.92 Å². The van der Waals surface area contributed by atoms with Gasteiger partial charge in [0.2, 0.25) is 0 Å². The molecule has 1 aromatic rings. The van der Waals surface area contributed by atoms with Gasteiger partial charge in [0.25, 0.3) is 0 Å². The molecule has 1 unspecified atom stereocenters. The van der Waals surface area contributed by atoms with E-state index < -0.39 is 11.9 Å². The highest BCUT2D eigenvalue weighted by Crippen LogP contribution is 2.28. The number of likely N-dealkylation sites (N-methyl/N-ethyl adjacent to an activating group) is 1. The van der Waals surface area contributed by atoms with E-state index in [0.29, 0.717) is 5.92 Å². The van der Waals surface area contributed by atoms with Crippen LogP contribution >= 0.6 is 0 Å². The van der Waals surface area contributed by atoms with E-state index in [1.807, 2.05) is 32.8 Å². The van der Waals surface area contributed by atoms with Gasteiger partial charge in [0.1, 0.15) is 11.5 Å². The van der Waals surface area contributed by atoms with Gasteiger partial charge in [-0.2, -0.15) is 13.2 Å². The van der Waals surface area contributed by atoms with Crippen LogP contribution in [0.5, 0.6) is 0 Å². The highest BCUT2D eigenvalue weighted by molar-refractivity contribution is 5.37. The van der Waals surface area contributed by atoms with Crippen LogP contribution in [0.1, 0.15) is 19.5 Å². The van der Waals surface area contributed by atoms with Gasteiger partial charge in [0.05, 0.1) is 0 Å². The number of rotatable bonds is 5. The number of hydrogen-bond acceptors (Lipinski definition) is 3. The number of nitrogens with zero attached hydrogens (tertiary/aromatic N) is 2. The summed E-state index contributed by atoms with van der Waals surface area (Å²) in [6.45, 7) is 4.78. The van der Waals surface area contributed by atoms with Gasteiger partial charge in [-0.05, 0) is 32.1 Å². The Morgan fingerprint density at radius 2 is 1.89 bits per heavy atom. The zero-order chi connectivity index (χ0) is 14.6. The molecule has 0 aromatic carbocycles. The van der Waals surface area contributed by atoms with Crippen molar-refractivity contribution in [2.75, 3.05) is 26.0 Å². The van der Waals surface area contributed by atoms with Crippen LogP contribution in [0.15, 0.2) is 18.2 Å². The molecule has 6 heteroatoms. The van der Waals surface area contributed by atoms with Crippen molar-refractivity contribution in [1.82, 2.24) is 9.88 Å². The second-order valence-corrected chi connectivity index (χ2v) is 5.16. The largest absolute Gasteiger partial charge is 0.433 e. The van der Waals surface area contributed by atoms with Gasteiger partial charge < -0.3 is 10.2 Å². The zero-order valence-corrected chi connectivity index (χ0v) is 11.6. The molecule has 0 radical (unpaired) electrons. The highest BCUT2D eigenvalue weighted by atomic mass is 19.4. The van der Waals surface area contributed by atoms with Crippen LogP contribution in [-0.2, 0) is 6.18 Å². The topological polar surface area (TPSA) is 28.2 Å². The van der Waals surface area contributed by atoms with E-state index in [1.165, 1.54) is 6.07 Å². The number of halogens is 3.